The summed E-state index contributed by atoms with van der Waals surface area (Å²) in [5.74, 6) is 0.916. The Morgan fingerprint density at radius 1 is 1.27 bits per heavy atom. The van der Waals surface area contributed by atoms with Crippen molar-refractivity contribution in [2.75, 3.05) is 12.3 Å². The number of benzene rings is 2. The van der Waals surface area contributed by atoms with Gasteiger partial charge < -0.3 is 20.3 Å². The Hall–Kier alpha value is -2.95. The molecule has 22 heavy (non-hydrogen) atoms. The fourth-order valence-corrected chi connectivity index (χ4v) is 2.25. The van der Waals surface area contributed by atoms with Crippen molar-refractivity contribution >= 4 is 17.5 Å². The molecular formula is C17H15NO4. The summed E-state index contributed by atoms with van der Waals surface area (Å²) in [4.78, 5) is 12.3. The first-order chi connectivity index (χ1) is 10.6. The molecule has 0 unspecified atom stereocenters. The van der Waals surface area contributed by atoms with Gasteiger partial charge in [-0.3, -0.25) is 4.79 Å². The van der Waals surface area contributed by atoms with Crippen LogP contribution in [0.25, 0.3) is 6.08 Å². The molecule has 0 aliphatic carbocycles. The number of aromatic hydroxyl groups is 1. The van der Waals surface area contributed by atoms with Crippen molar-refractivity contribution in [2.45, 2.75) is 6.92 Å². The zero-order chi connectivity index (χ0) is 15.7. The summed E-state index contributed by atoms with van der Waals surface area (Å²) in [6.45, 7) is 2.27. The molecule has 0 aromatic heterocycles. The normalized spacial score (nSPS) is 14.8. The Kier molecular flexibility index (Phi) is 3.47. The van der Waals surface area contributed by atoms with E-state index in [1.807, 2.05) is 6.92 Å². The van der Waals surface area contributed by atoms with Crippen molar-refractivity contribution in [1.82, 2.24) is 0 Å². The number of fused-ring (bicyclic) bond motifs is 1. The van der Waals surface area contributed by atoms with Gasteiger partial charge in [-0.1, -0.05) is 6.07 Å². The molecule has 0 saturated heterocycles. The maximum absolute atomic E-state index is 12.3. The molecule has 5 heteroatoms. The highest BCUT2D eigenvalue weighted by Gasteiger charge is 2.27. The highest BCUT2D eigenvalue weighted by Crippen LogP contribution is 2.34. The summed E-state index contributed by atoms with van der Waals surface area (Å²) in [5, 5.41) is 9.69. The fourth-order valence-electron chi connectivity index (χ4n) is 2.25. The van der Waals surface area contributed by atoms with Crippen molar-refractivity contribution < 1.29 is 19.4 Å². The third-order valence-electron chi connectivity index (χ3n) is 3.27. The van der Waals surface area contributed by atoms with Crippen LogP contribution in [-0.4, -0.2) is 17.5 Å². The summed E-state index contributed by atoms with van der Waals surface area (Å²) in [6.07, 6.45) is 1.61. The van der Waals surface area contributed by atoms with Gasteiger partial charge in [0.2, 0.25) is 5.78 Å². The van der Waals surface area contributed by atoms with Crippen LogP contribution >= 0.6 is 0 Å². The summed E-state index contributed by atoms with van der Waals surface area (Å²) in [5.41, 5.74) is 7.36. The van der Waals surface area contributed by atoms with E-state index in [2.05, 4.69) is 0 Å². The average Bonchev–Trinajstić information content (AvgIpc) is 2.79. The van der Waals surface area contributed by atoms with E-state index in [0.29, 0.717) is 34.9 Å². The van der Waals surface area contributed by atoms with Gasteiger partial charge in [0, 0.05) is 5.69 Å². The third-order valence-corrected chi connectivity index (χ3v) is 3.27. The Morgan fingerprint density at radius 3 is 2.86 bits per heavy atom. The standard InChI is InChI=1S/C17H15NO4/c1-2-21-15-7-10(3-5-13(15)19)8-16-17(20)12-9-11(18)4-6-14(12)22-16/h3-9,19H,2,18H2,1H3/b16-8-. The Morgan fingerprint density at radius 2 is 2.09 bits per heavy atom. The molecule has 1 heterocycles. The summed E-state index contributed by atoms with van der Waals surface area (Å²) < 4.78 is 10.9. The number of hydrogen-bond donors (Lipinski definition) is 2. The largest absolute Gasteiger partial charge is 0.504 e. The maximum atomic E-state index is 12.3. The number of allylic oxidation sites excluding steroid dienone is 1. The smallest absolute Gasteiger partial charge is 0.232 e. The number of phenolic OH excluding ortho intramolecular Hbond substituents is 1. The van der Waals surface area contributed by atoms with E-state index in [9.17, 15) is 9.90 Å². The van der Waals surface area contributed by atoms with Crippen molar-refractivity contribution in [3.8, 4) is 17.2 Å². The molecule has 112 valence electrons. The minimum absolute atomic E-state index is 0.0544. The lowest BCUT2D eigenvalue weighted by Gasteiger charge is -2.06. The lowest BCUT2D eigenvalue weighted by molar-refractivity contribution is 0.101. The second-order valence-electron chi connectivity index (χ2n) is 4.86. The molecule has 3 N–H and O–H groups in total. The monoisotopic (exact) mass is 297 g/mol. The summed E-state index contributed by atoms with van der Waals surface area (Å²) in [6, 6.07) is 9.80. The van der Waals surface area contributed by atoms with Crippen molar-refractivity contribution in [3.63, 3.8) is 0 Å². The van der Waals surface area contributed by atoms with Gasteiger partial charge in [0.05, 0.1) is 12.2 Å². The quantitative estimate of drug-likeness (QED) is 0.672. The van der Waals surface area contributed by atoms with Gasteiger partial charge >= 0.3 is 0 Å². The third kappa shape index (κ3) is 2.48. The first-order valence-electron chi connectivity index (χ1n) is 6.88. The summed E-state index contributed by atoms with van der Waals surface area (Å²) >= 11 is 0. The van der Waals surface area contributed by atoms with Gasteiger partial charge in [0.25, 0.3) is 0 Å². The number of ether oxygens (including phenoxy) is 2. The zero-order valence-corrected chi connectivity index (χ0v) is 12.0. The molecule has 0 spiro atoms. The maximum Gasteiger partial charge on any atom is 0.232 e. The Bertz CT molecular complexity index is 780. The first kappa shape index (κ1) is 14.0. The minimum atomic E-state index is -0.215. The van der Waals surface area contributed by atoms with Crippen LogP contribution in [0, 0.1) is 0 Å². The number of carbonyl (C=O) groups excluding carboxylic acids is 1. The van der Waals surface area contributed by atoms with E-state index in [4.69, 9.17) is 15.2 Å². The predicted molar refractivity (Wildman–Crippen MR) is 83.1 cm³/mol. The van der Waals surface area contributed by atoms with Gasteiger partial charge in [0.1, 0.15) is 5.75 Å². The second-order valence-corrected chi connectivity index (χ2v) is 4.86. The van der Waals surface area contributed by atoms with Gasteiger partial charge in [-0.15, -0.1) is 0 Å². The fraction of sp³-hybridized carbons (Fsp3) is 0.118. The van der Waals surface area contributed by atoms with Gasteiger partial charge in [-0.05, 0) is 48.9 Å². The number of phenols is 1. The first-order valence-corrected chi connectivity index (χ1v) is 6.88. The lowest BCUT2D eigenvalue weighted by atomic mass is 10.1. The molecule has 0 bridgehead atoms. The van der Waals surface area contributed by atoms with Crippen LogP contribution < -0.4 is 15.2 Å². The van der Waals surface area contributed by atoms with Crippen LogP contribution in [0.4, 0.5) is 5.69 Å². The SMILES string of the molecule is CCOc1cc(/C=C2\Oc3ccc(N)cc3C2=O)ccc1O. The van der Waals surface area contributed by atoms with Gasteiger partial charge in [0.15, 0.2) is 17.3 Å². The second kappa shape index (κ2) is 5.44. The van der Waals surface area contributed by atoms with E-state index in [0.717, 1.165) is 0 Å². The number of ketones is 1. The number of nitrogen functional groups attached to an aromatic ring is 1. The highest BCUT2D eigenvalue weighted by molar-refractivity contribution is 6.14. The van der Waals surface area contributed by atoms with Crippen LogP contribution in [0.1, 0.15) is 22.8 Å². The molecular weight excluding hydrogens is 282 g/mol. The number of nitrogens with two attached hydrogens (primary N) is 1. The Labute approximate surface area is 127 Å². The van der Waals surface area contributed by atoms with Crippen LogP contribution in [-0.2, 0) is 0 Å². The van der Waals surface area contributed by atoms with Crippen molar-refractivity contribution in [2.24, 2.45) is 0 Å². The molecule has 1 aliphatic heterocycles. The average molecular weight is 297 g/mol. The number of rotatable bonds is 3. The van der Waals surface area contributed by atoms with Crippen LogP contribution in [0.15, 0.2) is 42.2 Å². The molecule has 0 saturated carbocycles. The summed E-state index contributed by atoms with van der Waals surface area (Å²) in [7, 11) is 0. The highest BCUT2D eigenvalue weighted by atomic mass is 16.5. The molecule has 0 radical (unpaired) electrons. The van der Waals surface area contributed by atoms with Crippen LogP contribution in [0.2, 0.25) is 0 Å². The van der Waals surface area contributed by atoms with Crippen LogP contribution in [0.5, 0.6) is 17.2 Å². The van der Waals surface area contributed by atoms with E-state index in [1.165, 1.54) is 6.07 Å². The van der Waals surface area contributed by atoms with Crippen LogP contribution in [0.3, 0.4) is 0 Å². The number of anilines is 1. The minimum Gasteiger partial charge on any atom is -0.504 e. The number of hydrogen-bond acceptors (Lipinski definition) is 5. The Balaban J connectivity index is 1.94. The molecule has 0 atom stereocenters. The van der Waals surface area contributed by atoms with Crippen molar-refractivity contribution in [3.05, 3.63) is 53.3 Å². The molecule has 2 aromatic rings. The van der Waals surface area contributed by atoms with E-state index in [1.54, 1.807) is 36.4 Å². The molecule has 3 rings (SSSR count). The number of carbonyl (C=O) groups is 1. The van der Waals surface area contributed by atoms with E-state index in [-0.39, 0.29) is 17.3 Å². The zero-order valence-electron chi connectivity index (χ0n) is 12.0. The predicted octanol–water partition coefficient (Wildman–Crippen LogP) is 2.99. The van der Waals surface area contributed by atoms with Gasteiger partial charge in [-0.2, -0.15) is 0 Å². The van der Waals surface area contributed by atoms with Crippen molar-refractivity contribution in [1.29, 1.82) is 0 Å². The topological polar surface area (TPSA) is 81.8 Å². The number of Topliss-reactive ketones (excluding diaryl/α,β-unsaturated/α-hetero) is 1. The molecule has 0 amide bonds. The molecule has 5 nitrogen and oxygen atoms in total. The molecule has 2 aromatic carbocycles. The molecule has 0 fully saturated rings. The van der Waals surface area contributed by atoms with E-state index >= 15 is 0 Å². The lowest BCUT2D eigenvalue weighted by Crippen LogP contribution is -1.99. The van der Waals surface area contributed by atoms with E-state index < -0.39 is 0 Å². The van der Waals surface area contributed by atoms with Gasteiger partial charge in [-0.25, -0.2) is 0 Å². The molecule has 1 aliphatic rings.